The van der Waals surface area contributed by atoms with Crippen molar-refractivity contribution in [3.05, 3.63) is 66.0 Å². The van der Waals surface area contributed by atoms with Gasteiger partial charge in [-0.05, 0) is 36.6 Å². The Morgan fingerprint density at radius 1 is 1.10 bits per heavy atom. The van der Waals surface area contributed by atoms with Crippen molar-refractivity contribution in [3.8, 4) is 0 Å². The molecular formula is C17H21FN2. The Labute approximate surface area is 120 Å². The van der Waals surface area contributed by atoms with Crippen LogP contribution in [0.4, 0.5) is 10.1 Å². The average molecular weight is 272 g/mol. The van der Waals surface area contributed by atoms with E-state index in [1.54, 1.807) is 6.07 Å². The minimum absolute atomic E-state index is 0.0727. The predicted molar refractivity (Wildman–Crippen MR) is 82.4 cm³/mol. The van der Waals surface area contributed by atoms with Gasteiger partial charge in [0.05, 0.1) is 0 Å². The molecule has 0 bridgehead atoms. The van der Waals surface area contributed by atoms with Crippen LogP contribution in [-0.2, 0) is 6.42 Å². The number of hydrogen-bond acceptors (Lipinski definition) is 2. The summed E-state index contributed by atoms with van der Waals surface area (Å²) in [7, 11) is 1.94. The largest absolute Gasteiger partial charge is 0.373 e. The van der Waals surface area contributed by atoms with Crippen LogP contribution in [0.3, 0.4) is 0 Å². The van der Waals surface area contributed by atoms with Crippen molar-refractivity contribution in [1.29, 1.82) is 0 Å². The molecule has 0 aliphatic heterocycles. The molecule has 0 spiro atoms. The highest BCUT2D eigenvalue weighted by Crippen LogP contribution is 2.14. The van der Waals surface area contributed by atoms with Gasteiger partial charge in [-0.25, -0.2) is 4.39 Å². The maximum atomic E-state index is 13.2. The van der Waals surface area contributed by atoms with E-state index >= 15 is 0 Å². The first kappa shape index (κ1) is 14.5. The second-order valence-corrected chi connectivity index (χ2v) is 5.14. The molecule has 2 nitrogen and oxygen atoms in total. The van der Waals surface area contributed by atoms with Gasteiger partial charge in [0.1, 0.15) is 5.82 Å². The van der Waals surface area contributed by atoms with Crippen LogP contribution in [0.25, 0.3) is 0 Å². The summed E-state index contributed by atoms with van der Waals surface area (Å²) >= 11 is 0. The summed E-state index contributed by atoms with van der Waals surface area (Å²) in [4.78, 5) is 2.00. The fourth-order valence-corrected chi connectivity index (χ4v) is 2.26. The van der Waals surface area contributed by atoms with Gasteiger partial charge in [-0.2, -0.15) is 0 Å². The van der Waals surface area contributed by atoms with E-state index in [9.17, 15) is 4.39 Å². The van der Waals surface area contributed by atoms with Crippen molar-refractivity contribution in [3.63, 3.8) is 0 Å². The Hall–Kier alpha value is -1.87. The Kier molecular flexibility index (Phi) is 5.13. The highest BCUT2D eigenvalue weighted by atomic mass is 19.1. The number of halogens is 1. The van der Waals surface area contributed by atoms with Crippen molar-refractivity contribution in [2.75, 3.05) is 18.5 Å². The van der Waals surface area contributed by atoms with E-state index in [2.05, 4.69) is 12.1 Å². The van der Waals surface area contributed by atoms with Crippen LogP contribution >= 0.6 is 0 Å². The van der Waals surface area contributed by atoms with E-state index < -0.39 is 0 Å². The van der Waals surface area contributed by atoms with Crippen LogP contribution in [-0.4, -0.2) is 19.6 Å². The summed E-state index contributed by atoms with van der Waals surface area (Å²) < 4.78 is 13.2. The summed E-state index contributed by atoms with van der Waals surface area (Å²) in [6.07, 6.45) is 1.89. The molecule has 0 radical (unpaired) electrons. The number of benzene rings is 2. The van der Waals surface area contributed by atoms with Gasteiger partial charge in [-0.15, -0.1) is 0 Å². The molecule has 20 heavy (non-hydrogen) atoms. The van der Waals surface area contributed by atoms with Gasteiger partial charge in [0.25, 0.3) is 0 Å². The summed E-state index contributed by atoms with van der Waals surface area (Å²) in [6.45, 7) is 0.719. The first-order valence-electron chi connectivity index (χ1n) is 6.91. The molecular weight excluding hydrogens is 251 g/mol. The van der Waals surface area contributed by atoms with E-state index in [0.29, 0.717) is 0 Å². The standard InChI is InChI=1S/C17H21FN2/c1-20(17-9-5-8-15(18)12-17)13-16(19)11-10-14-6-3-2-4-7-14/h2-9,12,16H,10-11,13,19H2,1H3. The number of aryl methyl sites for hydroxylation is 1. The molecule has 0 amide bonds. The second-order valence-electron chi connectivity index (χ2n) is 5.14. The van der Waals surface area contributed by atoms with Crippen molar-refractivity contribution in [2.45, 2.75) is 18.9 Å². The zero-order chi connectivity index (χ0) is 14.4. The number of nitrogens with zero attached hydrogens (tertiary/aromatic N) is 1. The predicted octanol–water partition coefficient (Wildman–Crippen LogP) is 3.22. The summed E-state index contributed by atoms with van der Waals surface area (Å²) in [5, 5.41) is 0. The number of rotatable bonds is 6. The van der Waals surface area contributed by atoms with Crippen molar-refractivity contribution in [1.82, 2.24) is 0 Å². The van der Waals surface area contributed by atoms with Gasteiger partial charge in [0, 0.05) is 25.3 Å². The first-order valence-corrected chi connectivity index (χ1v) is 6.91. The molecule has 2 aromatic rings. The topological polar surface area (TPSA) is 29.3 Å². The molecule has 1 atom stereocenters. The number of hydrogen-bond donors (Lipinski definition) is 1. The Morgan fingerprint density at radius 3 is 2.55 bits per heavy atom. The van der Waals surface area contributed by atoms with Crippen LogP contribution in [0.5, 0.6) is 0 Å². The van der Waals surface area contributed by atoms with E-state index in [0.717, 1.165) is 25.1 Å². The van der Waals surface area contributed by atoms with Crippen LogP contribution in [0.2, 0.25) is 0 Å². The summed E-state index contributed by atoms with van der Waals surface area (Å²) in [5.41, 5.74) is 8.33. The van der Waals surface area contributed by atoms with E-state index in [4.69, 9.17) is 5.73 Å². The lowest BCUT2D eigenvalue weighted by Crippen LogP contribution is -2.35. The van der Waals surface area contributed by atoms with Crippen molar-refractivity contribution in [2.24, 2.45) is 5.73 Å². The first-order chi connectivity index (χ1) is 9.65. The molecule has 3 heteroatoms. The zero-order valence-corrected chi connectivity index (χ0v) is 11.8. The fraction of sp³-hybridized carbons (Fsp3) is 0.294. The average Bonchev–Trinajstić information content (AvgIpc) is 2.46. The molecule has 0 aliphatic rings. The van der Waals surface area contributed by atoms with Crippen LogP contribution < -0.4 is 10.6 Å². The van der Waals surface area contributed by atoms with Gasteiger partial charge in [0.2, 0.25) is 0 Å². The van der Waals surface area contributed by atoms with E-state index in [-0.39, 0.29) is 11.9 Å². The lowest BCUT2D eigenvalue weighted by Gasteiger charge is -2.23. The molecule has 0 aromatic heterocycles. The zero-order valence-electron chi connectivity index (χ0n) is 11.8. The Balaban J connectivity index is 1.83. The molecule has 2 N–H and O–H groups in total. The fourth-order valence-electron chi connectivity index (χ4n) is 2.26. The Morgan fingerprint density at radius 2 is 1.85 bits per heavy atom. The van der Waals surface area contributed by atoms with Gasteiger partial charge in [-0.3, -0.25) is 0 Å². The molecule has 0 saturated heterocycles. The molecule has 1 unspecified atom stereocenters. The third-order valence-electron chi connectivity index (χ3n) is 3.40. The summed E-state index contributed by atoms with van der Waals surface area (Å²) in [5.74, 6) is -0.216. The molecule has 0 saturated carbocycles. The highest BCUT2D eigenvalue weighted by molar-refractivity contribution is 5.45. The third kappa shape index (κ3) is 4.35. The number of likely N-dealkylation sites (N-methyl/N-ethyl adjacent to an activating group) is 1. The summed E-state index contributed by atoms with van der Waals surface area (Å²) in [6, 6.07) is 17.0. The van der Waals surface area contributed by atoms with Gasteiger partial charge < -0.3 is 10.6 Å². The van der Waals surface area contributed by atoms with E-state index in [1.165, 1.54) is 17.7 Å². The maximum Gasteiger partial charge on any atom is 0.125 e. The molecule has 0 heterocycles. The SMILES string of the molecule is CN(CC(N)CCc1ccccc1)c1cccc(F)c1. The number of anilines is 1. The smallest absolute Gasteiger partial charge is 0.125 e. The quantitative estimate of drug-likeness (QED) is 0.875. The molecule has 2 aromatic carbocycles. The van der Waals surface area contributed by atoms with Crippen molar-refractivity contribution >= 4 is 5.69 Å². The number of nitrogens with two attached hydrogens (primary N) is 1. The van der Waals surface area contributed by atoms with Crippen molar-refractivity contribution < 1.29 is 4.39 Å². The minimum Gasteiger partial charge on any atom is -0.373 e. The van der Waals surface area contributed by atoms with Crippen LogP contribution in [0.15, 0.2) is 54.6 Å². The normalized spacial score (nSPS) is 12.2. The monoisotopic (exact) mass is 272 g/mol. The maximum absolute atomic E-state index is 13.2. The van der Waals surface area contributed by atoms with Crippen LogP contribution in [0, 0.1) is 5.82 Å². The molecule has 0 fully saturated rings. The van der Waals surface area contributed by atoms with Gasteiger partial charge in [-0.1, -0.05) is 36.4 Å². The van der Waals surface area contributed by atoms with Gasteiger partial charge in [0.15, 0.2) is 0 Å². The molecule has 2 rings (SSSR count). The van der Waals surface area contributed by atoms with E-state index in [1.807, 2.05) is 36.2 Å². The molecule has 0 aliphatic carbocycles. The minimum atomic E-state index is -0.216. The lowest BCUT2D eigenvalue weighted by atomic mass is 10.1. The lowest BCUT2D eigenvalue weighted by molar-refractivity contribution is 0.602. The third-order valence-corrected chi connectivity index (χ3v) is 3.40. The Bertz CT molecular complexity index is 528. The van der Waals surface area contributed by atoms with Crippen LogP contribution in [0.1, 0.15) is 12.0 Å². The second kappa shape index (κ2) is 7.06. The van der Waals surface area contributed by atoms with Gasteiger partial charge >= 0.3 is 0 Å². The highest BCUT2D eigenvalue weighted by Gasteiger charge is 2.08. The molecule has 106 valence electrons.